The van der Waals surface area contributed by atoms with Gasteiger partial charge in [-0.3, -0.25) is 4.79 Å². The van der Waals surface area contributed by atoms with Crippen LogP contribution in [0.15, 0.2) is 53.5 Å². The van der Waals surface area contributed by atoms with E-state index in [1.165, 1.54) is 10.5 Å². The van der Waals surface area contributed by atoms with E-state index >= 15 is 0 Å². The molecule has 0 saturated carbocycles. The normalized spacial score (nSPS) is 12.3. The number of phenols is 1. The van der Waals surface area contributed by atoms with Crippen molar-refractivity contribution in [2.75, 3.05) is 0 Å². The van der Waals surface area contributed by atoms with Crippen LogP contribution in [0.4, 0.5) is 0 Å². The maximum atomic E-state index is 11.6. The number of ketones is 1. The van der Waals surface area contributed by atoms with Gasteiger partial charge in [0.2, 0.25) is 0 Å². The summed E-state index contributed by atoms with van der Waals surface area (Å²) in [6.07, 6.45) is 5.64. The standard InChI is InChI=1S/C17H20O2S/c1-5-6-7-12(2)14(4)20-11-15-10-16(19)8-9-17(15)13(3)18/h5-10,19H,1,11H2,2-4H3/b7-6-,14-12+. The molecule has 0 aliphatic rings. The Bertz CT molecular complexity index is 568. The smallest absolute Gasteiger partial charge is 0.160 e. The molecule has 0 aliphatic carbocycles. The fourth-order valence-electron chi connectivity index (χ4n) is 1.67. The maximum Gasteiger partial charge on any atom is 0.160 e. The Morgan fingerprint density at radius 1 is 1.35 bits per heavy atom. The summed E-state index contributed by atoms with van der Waals surface area (Å²) in [6.45, 7) is 9.27. The van der Waals surface area contributed by atoms with Crippen molar-refractivity contribution in [3.8, 4) is 5.75 Å². The van der Waals surface area contributed by atoms with Gasteiger partial charge in [0, 0.05) is 11.3 Å². The summed E-state index contributed by atoms with van der Waals surface area (Å²) in [7, 11) is 0. The van der Waals surface area contributed by atoms with E-state index < -0.39 is 0 Å². The Morgan fingerprint density at radius 3 is 2.65 bits per heavy atom. The van der Waals surface area contributed by atoms with Gasteiger partial charge in [-0.15, -0.1) is 11.8 Å². The molecule has 0 fully saturated rings. The van der Waals surface area contributed by atoms with Crippen LogP contribution in [0.1, 0.15) is 36.7 Å². The van der Waals surface area contributed by atoms with Crippen molar-refractivity contribution in [2.45, 2.75) is 26.5 Å². The zero-order valence-electron chi connectivity index (χ0n) is 12.1. The summed E-state index contributed by atoms with van der Waals surface area (Å²) in [5.74, 6) is 0.870. The SMILES string of the molecule is C=C/C=C\C(C)=C(/C)SCc1cc(O)ccc1C(C)=O. The number of Topliss-reactive ketones (excluding diaryl/α,β-unsaturated/α-hetero) is 1. The van der Waals surface area contributed by atoms with Crippen LogP contribution < -0.4 is 0 Å². The number of phenolic OH excluding ortho intramolecular Hbond substituents is 1. The van der Waals surface area contributed by atoms with E-state index in [0.29, 0.717) is 11.3 Å². The molecule has 2 nitrogen and oxygen atoms in total. The van der Waals surface area contributed by atoms with Crippen LogP contribution >= 0.6 is 11.8 Å². The third-order valence-corrected chi connectivity index (χ3v) is 4.16. The van der Waals surface area contributed by atoms with Crippen LogP contribution in [-0.4, -0.2) is 10.9 Å². The highest BCUT2D eigenvalue weighted by Crippen LogP contribution is 2.28. The molecule has 0 atom stereocenters. The summed E-state index contributed by atoms with van der Waals surface area (Å²) < 4.78 is 0. The fourth-order valence-corrected chi connectivity index (χ4v) is 2.58. The molecular weight excluding hydrogens is 268 g/mol. The van der Waals surface area contributed by atoms with Gasteiger partial charge in [-0.25, -0.2) is 0 Å². The van der Waals surface area contributed by atoms with Gasteiger partial charge in [0.05, 0.1) is 0 Å². The Kier molecular flexibility index (Phi) is 6.32. The molecule has 0 aliphatic heterocycles. The predicted molar refractivity (Wildman–Crippen MR) is 87.1 cm³/mol. The zero-order chi connectivity index (χ0) is 15.1. The molecule has 0 unspecified atom stereocenters. The van der Waals surface area contributed by atoms with Gasteiger partial charge >= 0.3 is 0 Å². The maximum absolute atomic E-state index is 11.6. The number of hydrogen-bond acceptors (Lipinski definition) is 3. The molecular formula is C17H20O2S. The molecule has 0 amide bonds. The van der Waals surface area contributed by atoms with E-state index in [-0.39, 0.29) is 11.5 Å². The number of carbonyl (C=O) groups is 1. The van der Waals surface area contributed by atoms with E-state index in [4.69, 9.17) is 0 Å². The molecule has 0 heterocycles. The van der Waals surface area contributed by atoms with Gasteiger partial charge in [-0.2, -0.15) is 0 Å². The van der Waals surface area contributed by atoms with Crippen molar-refractivity contribution < 1.29 is 9.90 Å². The minimum Gasteiger partial charge on any atom is -0.508 e. The molecule has 0 bridgehead atoms. The number of rotatable bonds is 6. The largest absolute Gasteiger partial charge is 0.508 e. The molecule has 0 spiro atoms. The first-order valence-electron chi connectivity index (χ1n) is 6.38. The minimum absolute atomic E-state index is 0.0190. The third-order valence-electron chi connectivity index (χ3n) is 2.95. The molecule has 3 heteroatoms. The van der Waals surface area contributed by atoms with Crippen LogP contribution in [0.3, 0.4) is 0 Å². The monoisotopic (exact) mass is 288 g/mol. The van der Waals surface area contributed by atoms with E-state index in [2.05, 4.69) is 6.58 Å². The number of hydrogen-bond donors (Lipinski definition) is 1. The Labute approximate surface area is 124 Å². The fraction of sp³-hybridized carbons (Fsp3) is 0.235. The number of aromatic hydroxyl groups is 1. The lowest BCUT2D eigenvalue weighted by Gasteiger charge is -2.09. The highest BCUT2D eigenvalue weighted by atomic mass is 32.2. The summed E-state index contributed by atoms with van der Waals surface area (Å²) in [5, 5.41) is 9.56. The topological polar surface area (TPSA) is 37.3 Å². The molecule has 0 radical (unpaired) electrons. The average Bonchev–Trinajstić information content (AvgIpc) is 2.41. The summed E-state index contributed by atoms with van der Waals surface area (Å²) in [5.41, 5.74) is 2.70. The van der Waals surface area contributed by atoms with Gasteiger partial charge in [-0.05, 0) is 55.0 Å². The van der Waals surface area contributed by atoms with E-state index in [9.17, 15) is 9.90 Å². The lowest BCUT2D eigenvalue weighted by atomic mass is 10.1. The number of thioether (sulfide) groups is 1. The van der Waals surface area contributed by atoms with Crippen molar-refractivity contribution in [1.82, 2.24) is 0 Å². The van der Waals surface area contributed by atoms with Gasteiger partial charge < -0.3 is 5.11 Å². The van der Waals surface area contributed by atoms with Crippen molar-refractivity contribution in [3.63, 3.8) is 0 Å². The van der Waals surface area contributed by atoms with Gasteiger partial charge in [0.25, 0.3) is 0 Å². The molecule has 1 aromatic rings. The van der Waals surface area contributed by atoms with Crippen LogP contribution in [0.25, 0.3) is 0 Å². The van der Waals surface area contributed by atoms with Gasteiger partial charge in [0.15, 0.2) is 5.78 Å². The second-order valence-corrected chi connectivity index (χ2v) is 5.71. The Hall–Kier alpha value is -1.74. The molecule has 0 saturated heterocycles. The second-order valence-electron chi connectivity index (χ2n) is 4.52. The van der Waals surface area contributed by atoms with Gasteiger partial charge in [-0.1, -0.05) is 24.8 Å². The van der Waals surface area contributed by atoms with Crippen molar-refractivity contribution in [1.29, 1.82) is 0 Å². The number of carbonyl (C=O) groups excluding carboxylic acids is 1. The van der Waals surface area contributed by atoms with Crippen molar-refractivity contribution in [2.24, 2.45) is 0 Å². The first-order chi connectivity index (χ1) is 9.45. The zero-order valence-corrected chi connectivity index (χ0v) is 13.0. The first kappa shape index (κ1) is 16.3. The Balaban J connectivity index is 2.89. The number of allylic oxidation sites excluding steroid dienone is 5. The summed E-state index contributed by atoms with van der Waals surface area (Å²) in [6, 6.07) is 4.88. The molecule has 1 rings (SSSR count). The highest BCUT2D eigenvalue weighted by Gasteiger charge is 2.09. The van der Waals surface area contributed by atoms with Crippen molar-refractivity contribution in [3.05, 3.63) is 64.6 Å². The quantitative estimate of drug-likeness (QED) is 0.599. The average molecular weight is 288 g/mol. The summed E-state index contributed by atoms with van der Waals surface area (Å²) >= 11 is 1.66. The lowest BCUT2D eigenvalue weighted by Crippen LogP contribution is -1.98. The predicted octanol–water partition coefficient (Wildman–Crippen LogP) is 4.86. The molecule has 106 valence electrons. The van der Waals surface area contributed by atoms with E-state index in [1.54, 1.807) is 43.0 Å². The van der Waals surface area contributed by atoms with E-state index in [0.717, 1.165) is 5.56 Å². The summed E-state index contributed by atoms with van der Waals surface area (Å²) in [4.78, 5) is 12.8. The van der Waals surface area contributed by atoms with Crippen LogP contribution in [0, 0.1) is 0 Å². The Morgan fingerprint density at radius 2 is 2.05 bits per heavy atom. The second kappa shape index (κ2) is 7.75. The van der Waals surface area contributed by atoms with Crippen LogP contribution in [0.5, 0.6) is 5.75 Å². The highest BCUT2D eigenvalue weighted by molar-refractivity contribution is 8.02. The molecule has 20 heavy (non-hydrogen) atoms. The third kappa shape index (κ3) is 4.74. The van der Waals surface area contributed by atoms with Crippen LogP contribution in [0.2, 0.25) is 0 Å². The molecule has 1 N–H and O–H groups in total. The molecule has 0 aromatic heterocycles. The first-order valence-corrected chi connectivity index (χ1v) is 7.36. The van der Waals surface area contributed by atoms with Crippen LogP contribution in [-0.2, 0) is 5.75 Å². The molecule has 1 aromatic carbocycles. The minimum atomic E-state index is 0.0190. The van der Waals surface area contributed by atoms with Crippen molar-refractivity contribution >= 4 is 17.5 Å². The lowest BCUT2D eigenvalue weighted by molar-refractivity contribution is 0.101. The van der Waals surface area contributed by atoms with Gasteiger partial charge in [0.1, 0.15) is 5.75 Å². The number of benzene rings is 1. The van der Waals surface area contributed by atoms with E-state index in [1.807, 2.05) is 26.0 Å².